The molecule has 19 heavy (non-hydrogen) atoms. The van der Waals surface area contributed by atoms with Crippen LogP contribution in [0.1, 0.15) is 39.4 Å². The van der Waals surface area contributed by atoms with Crippen molar-refractivity contribution in [3.05, 3.63) is 33.3 Å². The standard InChI is InChI=1S/C14H18BrClO3/c1-8(13(18)19-14(2,3)4)12(17)10-6-5-9(15)7-11(10)16/h5-8,12,17H,1-4H3. The molecule has 0 radical (unpaired) electrons. The minimum Gasteiger partial charge on any atom is -0.460 e. The first-order valence-corrected chi connectivity index (χ1v) is 7.15. The summed E-state index contributed by atoms with van der Waals surface area (Å²) in [6.07, 6.45) is -0.990. The molecule has 1 aromatic rings. The van der Waals surface area contributed by atoms with Gasteiger partial charge < -0.3 is 9.84 Å². The van der Waals surface area contributed by atoms with Crippen molar-refractivity contribution in [1.82, 2.24) is 0 Å². The monoisotopic (exact) mass is 348 g/mol. The molecule has 0 spiro atoms. The van der Waals surface area contributed by atoms with Gasteiger partial charge in [0.05, 0.1) is 12.0 Å². The van der Waals surface area contributed by atoms with Crippen LogP contribution in [0.25, 0.3) is 0 Å². The van der Waals surface area contributed by atoms with E-state index in [9.17, 15) is 9.90 Å². The van der Waals surface area contributed by atoms with Gasteiger partial charge >= 0.3 is 5.97 Å². The van der Waals surface area contributed by atoms with Crippen LogP contribution in [0.5, 0.6) is 0 Å². The van der Waals surface area contributed by atoms with E-state index >= 15 is 0 Å². The van der Waals surface area contributed by atoms with E-state index in [4.69, 9.17) is 16.3 Å². The number of hydrogen-bond acceptors (Lipinski definition) is 3. The molecule has 3 nitrogen and oxygen atoms in total. The SMILES string of the molecule is CC(C(=O)OC(C)(C)C)C(O)c1ccc(Br)cc1Cl. The first-order chi connectivity index (χ1) is 8.61. The zero-order valence-electron chi connectivity index (χ0n) is 11.4. The average molecular weight is 350 g/mol. The Labute approximate surface area is 127 Å². The Balaban J connectivity index is 2.87. The van der Waals surface area contributed by atoms with E-state index in [1.807, 2.05) is 0 Å². The Kier molecular flexibility index (Phi) is 5.42. The molecule has 1 N–H and O–H groups in total. The second kappa shape index (κ2) is 6.25. The van der Waals surface area contributed by atoms with Crippen LogP contribution in [-0.4, -0.2) is 16.7 Å². The van der Waals surface area contributed by atoms with Gasteiger partial charge in [0.15, 0.2) is 0 Å². The quantitative estimate of drug-likeness (QED) is 0.835. The number of carbonyl (C=O) groups excluding carboxylic acids is 1. The summed E-state index contributed by atoms with van der Waals surface area (Å²) in [7, 11) is 0. The highest BCUT2D eigenvalue weighted by Gasteiger charge is 2.29. The van der Waals surface area contributed by atoms with E-state index in [0.29, 0.717) is 10.6 Å². The van der Waals surface area contributed by atoms with Gasteiger partial charge in [0.2, 0.25) is 0 Å². The molecular weight excluding hydrogens is 332 g/mol. The summed E-state index contributed by atoms with van der Waals surface area (Å²) in [6.45, 7) is 6.99. The molecule has 0 saturated heterocycles. The zero-order valence-corrected chi connectivity index (χ0v) is 13.7. The van der Waals surface area contributed by atoms with Crippen molar-refractivity contribution in [3.63, 3.8) is 0 Å². The first kappa shape index (κ1) is 16.5. The predicted octanol–water partition coefficient (Wildman–Crippen LogP) is 4.11. The van der Waals surface area contributed by atoms with Gasteiger partial charge in [-0.1, -0.05) is 33.6 Å². The fourth-order valence-corrected chi connectivity index (χ4v) is 2.32. The largest absolute Gasteiger partial charge is 0.460 e. The van der Waals surface area contributed by atoms with E-state index in [0.717, 1.165) is 4.47 Å². The molecule has 0 aromatic heterocycles. The highest BCUT2D eigenvalue weighted by molar-refractivity contribution is 9.10. The van der Waals surface area contributed by atoms with Gasteiger partial charge in [-0.15, -0.1) is 0 Å². The van der Waals surface area contributed by atoms with E-state index < -0.39 is 23.6 Å². The third-order valence-electron chi connectivity index (χ3n) is 2.53. The van der Waals surface area contributed by atoms with E-state index in [-0.39, 0.29) is 0 Å². The number of aliphatic hydroxyl groups excluding tert-OH is 1. The number of carbonyl (C=O) groups is 1. The van der Waals surface area contributed by atoms with Crippen LogP contribution in [-0.2, 0) is 9.53 Å². The molecule has 0 aliphatic carbocycles. The number of benzene rings is 1. The van der Waals surface area contributed by atoms with Crippen LogP contribution in [0.3, 0.4) is 0 Å². The van der Waals surface area contributed by atoms with Crippen LogP contribution in [0.4, 0.5) is 0 Å². The molecule has 1 aromatic carbocycles. The van der Waals surface area contributed by atoms with Gasteiger partial charge in [0.25, 0.3) is 0 Å². The topological polar surface area (TPSA) is 46.5 Å². The Morgan fingerprint density at radius 1 is 1.42 bits per heavy atom. The number of rotatable bonds is 3. The Hall–Kier alpha value is -0.580. The van der Waals surface area contributed by atoms with Crippen molar-refractivity contribution in [2.24, 2.45) is 5.92 Å². The molecule has 0 saturated carbocycles. The Morgan fingerprint density at radius 2 is 2.00 bits per heavy atom. The summed E-state index contributed by atoms with van der Waals surface area (Å²) in [5.41, 5.74) is -0.0580. The van der Waals surface area contributed by atoms with Gasteiger partial charge in [-0.2, -0.15) is 0 Å². The summed E-state index contributed by atoms with van der Waals surface area (Å²) in [5, 5.41) is 10.6. The second-order valence-electron chi connectivity index (χ2n) is 5.43. The van der Waals surface area contributed by atoms with E-state index in [2.05, 4.69) is 15.9 Å². The van der Waals surface area contributed by atoms with Gasteiger partial charge in [0, 0.05) is 15.1 Å². The number of hydrogen-bond donors (Lipinski definition) is 1. The molecule has 0 bridgehead atoms. The van der Waals surface area contributed by atoms with Crippen molar-refractivity contribution in [3.8, 4) is 0 Å². The van der Waals surface area contributed by atoms with Crippen LogP contribution in [0, 0.1) is 5.92 Å². The number of aliphatic hydroxyl groups is 1. The Bertz CT molecular complexity index is 468. The second-order valence-corrected chi connectivity index (χ2v) is 6.76. The van der Waals surface area contributed by atoms with Crippen LogP contribution >= 0.6 is 27.5 Å². The predicted molar refractivity (Wildman–Crippen MR) is 79.1 cm³/mol. The van der Waals surface area contributed by atoms with Gasteiger partial charge in [0.1, 0.15) is 5.60 Å². The minimum atomic E-state index is -0.990. The van der Waals surface area contributed by atoms with Crippen molar-refractivity contribution in [1.29, 1.82) is 0 Å². The molecular formula is C14H18BrClO3. The molecule has 0 heterocycles. The molecule has 2 unspecified atom stereocenters. The zero-order chi connectivity index (χ0) is 14.8. The maximum Gasteiger partial charge on any atom is 0.312 e. The highest BCUT2D eigenvalue weighted by atomic mass is 79.9. The number of ether oxygens (including phenoxy) is 1. The smallest absolute Gasteiger partial charge is 0.312 e. The fourth-order valence-electron chi connectivity index (χ4n) is 1.53. The molecule has 1 rings (SSSR count). The maximum absolute atomic E-state index is 11.9. The maximum atomic E-state index is 11.9. The third-order valence-corrected chi connectivity index (χ3v) is 3.35. The fraction of sp³-hybridized carbons (Fsp3) is 0.500. The van der Waals surface area contributed by atoms with E-state index in [1.54, 1.807) is 45.9 Å². The molecule has 0 aliphatic rings. The molecule has 0 amide bonds. The van der Waals surface area contributed by atoms with Gasteiger partial charge in [-0.05, 0) is 39.8 Å². The molecule has 106 valence electrons. The van der Waals surface area contributed by atoms with Crippen LogP contribution < -0.4 is 0 Å². The molecule has 0 fully saturated rings. The number of halogens is 2. The van der Waals surface area contributed by atoms with Gasteiger partial charge in [-0.25, -0.2) is 0 Å². The van der Waals surface area contributed by atoms with Crippen molar-refractivity contribution >= 4 is 33.5 Å². The summed E-state index contributed by atoms with van der Waals surface area (Å²) in [4.78, 5) is 11.9. The van der Waals surface area contributed by atoms with Gasteiger partial charge in [-0.3, -0.25) is 4.79 Å². The van der Waals surface area contributed by atoms with E-state index in [1.165, 1.54) is 0 Å². The number of esters is 1. The highest BCUT2D eigenvalue weighted by Crippen LogP contribution is 2.31. The summed E-state index contributed by atoms with van der Waals surface area (Å²) >= 11 is 9.36. The molecule has 0 aliphatic heterocycles. The summed E-state index contributed by atoms with van der Waals surface area (Å²) < 4.78 is 6.07. The van der Waals surface area contributed by atoms with Crippen LogP contribution in [0.15, 0.2) is 22.7 Å². The van der Waals surface area contributed by atoms with Crippen molar-refractivity contribution < 1.29 is 14.6 Å². The van der Waals surface area contributed by atoms with Crippen molar-refractivity contribution in [2.75, 3.05) is 0 Å². The third kappa shape index (κ3) is 4.79. The minimum absolute atomic E-state index is 0.414. The molecule has 5 heteroatoms. The lowest BCUT2D eigenvalue weighted by Gasteiger charge is -2.25. The molecule has 2 atom stereocenters. The summed E-state index contributed by atoms with van der Waals surface area (Å²) in [5.74, 6) is -1.13. The Morgan fingerprint density at radius 3 is 2.47 bits per heavy atom. The summed E-state index contributed by atoms with van der Waals surface area (Å²) in [6, 6.07) is 5.14. The van der Waals surface area contributed by atoms with Crippen LogP contribution in [0.2, 0.25) is 5.02 Å². The lowest BCUT2D eigenvalue weighted by molar-refractivity contribution is -0.163. The lowest BCUT2D eigenvalue weighted by atomic mass is 9.97. The lowest BCUT2D eigenvalue weighted by Crippen LogP contribution is -2.30. The van der Waals surface area contributed by atoms with Crippen molar-refractivity contribution in [2.45, 2.75) is 39.4 Å². The first-order valence-electron chi connectivity index (χ1n) is 5.97. The normalized spacial score (nSPS) is 14.9. The average Bonchev–Trinajstić information content (AvgIpc) is 2.24.